The number of carbonyl (C=O) groups excluding carboxylic acids is 8. The molecule has 0 saturated carbocycles. The van der Waals surface area contributed by atoms with Crippen molar-refractivity contribution in [2.24, 2.45) is 11.7 Å². The van der Waals surface area contributed by atoms with Crippen molar-refractivity contribution in [2.75, 3.05) is 13.1 Å². The Morgan fingerprint density at radius 2 is 1.34 bits per heavy atom. The maximum absolute atomic E-state index is 14.6. The van der Waals surface area contributed by atoms with E-state index in [1.54, 1.807) is 0 Å². The molecule has 16 N–H and O–H groups in total. The van der Waals surface area contributed by atoms with E-state index in [1.165, 1.54) is 45.4 Å². The molecule has 0 aromatic heterocycles. The Bertz CT molecular complexity index is 2260. The van der Waals surface area contributed by atoms with Crippen LogP contribution in [0.4, 0.5) is 0 Å². The quantitative estimate of drug-likeness (QED) is 0.0135. The minimum absolute atomic E-state index is 0. The summed E-state index contributed by atoms with van der Waals surface area (Å²) in [7, 11) is 0. The van der Waals surface area contributed by atoms with Crippen molar-refractivity contribution in [3.8, 4) is 11.5 Å². The molecule has 0 aliphatic carbocycles. The predicted octanol–water partition coefficient (Wildman–Crippen LogP) is -6.64. The second kappa shape index (κ2) is 35.7. The Morgan fingerprint density at radius 3 is 1.93 bits per heavy atom. The van der Waals surface area contributed by atoms with E-state index in [4.69, 9.17) is 9.92 Å². The van der Waals surface area contributed by atoms with Gasteiger partial charge in [-0.15, -0.1) is 4.33 Å². The zero-order chi connectivity index (χ0) is 60.1. The Balaban J connectivity index is 0.0000176. The van der Waals surface area contributed by atoms with Crippen LogP contribution in [0.1, 0.15) is 142 Å². The van der Waals surface area contributed by atoms with Crippen molar-refractivity contribution in [1.29, 1.82) is 0 Å². The number of aliphatic hydroxyl groups excluding tert-OH is 8. The number of fused-ring (bicyclic) bond motifs is 2. The fourth-order valence-electron chi connectivity index (χ4n) is 10.0. The number of amides is 8. The molecule has 4 rings (SSSR count). The number of nitrogens with two attached hydrogens (primary N) is 1. The van der Waals surface area contributed by atoms with Crippen LogP contribution in [0.15, 0.2) is 18.2 Å². The summed E-state index contributed by atoms with van der Waals surface area (Å²) in [6.07, 6.45) is -5.80. The van der Waals surface area contributed by atoms with E-state index in [0.29, 0.717) is 22.6 Å². The topological polar surface area (TPSA) is 462 Å². The van der Waals surface area contributed by atoms with Gasteiger partial charge in [0.05, 0.1) is 30.8 Å². The minimum atomic E-state index is -2.54. The van der Waals surface area contributed by atoms with Crippen LogP contribution >= 0.6 is 12.3 Å². The Labute approximate surface area is 501 Å². The molecular weight excluding hydrogens is 1120 g/mol. The van der Waals surface area contributed by atoms with Crippen LogP contribution < -0.4 is 71.3 Å². The van der Waals surface area contributed by atoms with Gasteiger partial charge in [-0.3, -0.25) is 43.4 Å². The zero-order valence-electron chi connectivity index (χ0n) is 46.6. The molecule has 3 fully saturated rings. The van der Waals surface area contributed by atoms with E-state index in [9.17, 15) is 89.6 Å². The standard InChI is InChI=1S/C51H82N8O21S.Na/c1-4-5-6-7-8-9-10-11-12-13-14-15-16-17-37(66)53-30-22-34(64)47(72)57-49(74)41-42(67)26(2)24-59(41)51(76)39(33(63)23-36(52)65)55-48(73)40(44(69)43(68)28-18-19-32(62)35(20-28)78-81-80-79-77)56-46(71)31-21-29(61)25-58(31)50(75)38(27(3)60)54-45(30)70;/h18-20,26-27,29-31,33-34,38-44,47,60-64,67-69,72,77H,4-17,21-25H2,1-3H3,(H2,52,65)(H,53,66)(H,54,70)(H,55,73)(H,56,71)(H,57,74);/q;+1/p-1. The number of aromatic hydroxyl groups is 1. The number of benzene rings is 1. The summed E-state index contributed by atoms with van der Waals surface area (Å²) in [5.41, 5.74) is 4.98. The maximum Gasteiger partial charge on any atom is 1.00 e. The normalized spacial score (nSPS) is 27.5. The van der Waals surface area contributed by atoms with Crippen molar-refractivity contribution >= 4 is 59.6 Å². The van der Waals surface area contributed by atoms with Gasteiger partial charge in [0, 0.05) is 38.3 Å². The molecule has 1 aromatic rings. The van der Waals surface area contributed by atoms with Crippen LogP contribution in [-0.4, -0.2) is 195 Å². The summed E-state index contributed by atoms with van der Waals surface area (Å²) >= 11 is -0.0868. The van der Waals surface area contributed by atoms with Gasteiger partial charge in [-0.05, 0) is 31.0 Å². The summed E-state index contributed by atoms with van der Waals surface area (Å²) in [5, 5.41) is 125. The van der Waals surface area contributed by atoms with Crippen LogP contribution in [-0.2, 0) is 47.7 Å². The molecule has 3 aliphatic rings. The Hall–Kier alpha value is -4.51. The summed E-state index contributed by atoms with van der Waals surface area (Å²) in [6.45, 7) is 3.50. The molecule has 1 aromatic carbocycles. The first-order valence-electron chi connectivity index (χ1n) is 27.4. The number of carbonyl (C=O) groups is 8. The number of unbranched alkanes of at least 4 members (excludes halogenated alkanes) is 12. The molecule has 458 valence electrons. The molecule has 15 atom stereocenters. The fraction of sp³-hybridized carbons (Fsp3) is 0.725. The SMILES string of the molecule is CCCCCCCCCCCCCCCC(=O)NC1CC(O)C(O)NC(=O)C2C(O)C(C)CN2C(=O)C(C(O)CC(N)=O)NC(=O)C(C(O)C(O)c2ccc(O)c(OSOO[O-])c2)NC(=O)C2CC(O)CN2C(=O)C(C(C)O)NC1=O.[Na+]. The molecule has 82 heavy (non-hydrogen) atoms. The summed E-state index contributed by atoms with van der Waals surface area (Å²) < 4.78 is 9.01. The van der Waals surface area contributed by atoms with Gasteiger partial charge in [-0.1, -0.05) is 97.0 Å². The van der Waals surface area contributed by atoms with E-state index in [-0.39, 0.29) is 53.9 Å². The zero-order valence-corrected chi connectivity index (χ0v) is 49.4. The number of rotatable bonds is 26. The first-order valence-corrected chi connectivity index (χ1v) is 28.1. The van der Waals surface area contributed by atoms with Gasteiger partial charge in [-0.25, -0.2) is 0 Å². The largest absolute Gasteiger partial charge is 1.00 e. The molecule has 29 nitrogen and oxygen atoms in total. The van der Waals surface area contributed by atoms with Crippen LogP contribution in [0.5, 0.6) is 11.5 Å². The van der Waals surface area contributed by atoms with E-state index < -0.39 is 182 Å². The van der Waals surface area contributed by atoms with Gasteiger partial charge in [0.1, 0.15) is 54.6 Å². The average Bonchev–Trinajstić information content (AvgIpc) is 4.03. The number of aliphatic hydroxyl groups is 8. The van der Waals surface area contributed by atoms with Crippen LogP contribution in [0, 0.1) is 5.92 Å². The average molecular weight is 1200 g/mol. The van der Waals surface area contributed by atoms with Gasteiger partial charge in [0.25, 0.3) is 12.3 Å². The number of nitrogens with one attached hydrogen (secondary N) is 5. The smallest absolute Gasteiger partial charge is 0.691 e. The number of primary amides is 1. The van der Waals surface area contributed by atoms with Gasteiger partial charge in [0.15, 0.2) is 17.7 Å². The van der Waals surface area contributed by atoms with Gasteiger partial charge >= 0.3 is 29.6 Å². The van der Waals surface area contributed by atoms with E-state index >= 15 is 0 Å². The minimum Gasteiger partial charge on any atom is -0.691 e. The molecule has 0 bridgehead atoms. The Kier molecular flexibility index (Phi) is 31.2. The third-order valence-corrected chi connectivity index (χ3v) is 14.9. The van der Waals surface area contributed by atoms with Gasteiger partial charge < -0.3 is 97.5 Å². The molecule has 3 heterocycles. The first-order chi connectivity index (χ1) is 38.4. The number of phenols is 1. The molecule has 8 amide bonds. The van der Waals surface area contributed by atoms with Crippen molar-refractivity contribution < 1.29 is 133 Å². The van der Waals surface area contributed by atoms with Crippen LogP contribution in [0.2, 0.25) is 0 Å². The second-order valence-corrected chi connectivity index (χ2v) is 21.5. The molecule has 3 aliphatic heterocycles. The number of hydrogen-bond donors (Lipinski definition) is 15. The van der Waals surface area contributed by atoms with E-state index in [0.717, 1.165) is 57.2 Å². The number of nitrogens with zero attached hydrogens (tertiary/aromatic N) is 2. The second-order valence-electron chi connectivity index (χ2n) is 21.1. The van der Waals surface area contributed by atoms with Crippen molar-refractivity contribution in [2.45, 2.75) is 215 Å². The van der Waals surface area contributed by atoms with Crippen molar-refractivity contribution in [3.63, 3.8) is 0 Å². The predicted molar refractivity (Wildman–Crippen MR) is 281 cm³/mol. The third-order valence-electron chi connectivity index (χ3n) is 14.6. The molecule has 0 radical (unpaired) electrons. The third kappa shape index (κ3) is 21.2. The summed E-state index contributed by atoms with van der Waals surface area (Å²) in [4.78, 5) is 113. The van der Waals surface area contributed by atoms with Gasteiger partial charge in [-0.2, -0.15) is 0 Å². The maximum atomic E-state index is 14.6. The molecular formula is C51H81N8NaO21S. The van der Waals surface area contributed by atoms with E-state index in [1.807, 2.05) is 0 Å². The molecule has 0 spiro atoms. The number of phenolic OH excluding ortho intramolecular Hbond substituents is 1. The van der Waals surface area contributed by atoms with Gasteiger partial charge in [0.2, 0.25) is 47.3 Å². The molecule has 15 unspecified atom stereocenters. The van der Waals surface area contributed by atoms with Crippen molar-refractivity contribution in [1.82, 2.24) is 36.4 Å². The van der Waals surface area contributed by atoms with E-state index in [2.05, 4.69) is 42.9 Å². The van der Waals surface area contributed by atoms with Crippen LogP contribution in [0.3, 0.4) is 0 Å². The number of hydrogen-bond acceptors (Lipinski definition) is 22. The fourth-order valence-corrected chi connectivity index (χ4v) is 10.3. The van der Waals surface area contributed by atoms with Crippen LogP contribution in [0.25, 0.3) is 0 Å². The molecule has 3 saturated heterocycles. The first kappa shape index (κ1) is 71.8. The van der Waals surface area contributed by atoms with Crippen molar-refractivity contribution in [3.05, 3.63) is 23.8 Å². The molecule has 31 heteroatoms. The Morgan fingerprint density at radius 1 is 0.768 bits per heavy atom. The monoisotopic (exact) mass is 1200 g/mol. The summed E-state index contributed by atoms with van der Waals surface area (Å²) in [6, 6.07) is -9.59. The summed E-state index contributed by atoms with van der Waals surface area (Å²) in [5.74, 6) is -12.2.